The van der Waals surface area contributed by atoms with E-state index in [0.717, 1.165) is 0 Å². The van der Waals surface area contributed by atoms with Crippen LogP contribution in [-0.4, -0.2) is 23.7 Å². The zero-order valence-electron chi connectivity index (χ0n) is 9.21. The average molecular weight is 225 g/mol. The Balaban J connectivity index is 2.36. The molecule has 0 saturated carbocycles. The van der Waals surface area contributed by atoms with Crippen molar-refractivity contribution in [2.45, 2.75) is 26.4 Å². The molecule has 1 amide bonds. The quantitative estimate of drug-likeness (QED) is 0.761. The number of carbonyl (C=O) groups excluding carboxylic acids is 1. The first-order valence-corrected chi connectivity index (χ1v) is 4.95. The third-order valence-electron chi connectivity index (χ3n) is 1.68. The molecule has 0 aliphatic carbocycles. The Kier molecular flexibility index (Phi) is 4.75. The van der Waals surface area contributed by atoms with Crippen molar-refractivity contribution < 1.29 is 19.4 Å². The summed E-state index contributed by atoms with van der Waals surface area (Å²) in [7, 11) is 0. The zero-order valence-corrected chi connectivity index (χ0v) is 9.21. The maximum absolute atomic E-state index is 11.3. The van der Waals surface area contributed by atoms with Gasteiger partial charge in [-0.2, -0.15) is 0 Å². The van der Waals surface area contributed by atoms with Crippen molar-refractivity contribution in [1.82, 2.24) is 5.32 Å². The number of ether oxygens (including phenoxy) is 2. The Bertz CT molecular complexity index is 326. The molecule has 2 N–H and O–H groups in total. The van der Waals surface area contributed by atoms with Gasteiger partial charge in [0.25, 0.3) is 0 Å². The normalized spacial score (nSPS) is 13.9. The standard InChI is InChI=1S/C11H15NO4/c1-8(15-9(2)13)12-11(14)16-10-6-4-3-5-7-10/h3-9,13H,1-2H3,(H,12,14). The van der Waals surface area contributed by atoms with Crippen LogP contribution in [0.1, 0.15) is 13.8 Å². The first kappa shape index (κ1) is 12.5. The predicted octanol–water partition coefficient (Wildman–Crippen LogP) is 1.48. The number of nitrogens with one attached hydrogen (secondary N) is 1. The molecule has 88 valence electrons. The van der Waals surface area contributed by atoms with Gasteiger partial charge >= 0.3 is 6.09 Å². The van der Waals surface area contributed by atoms with Crippen molar-refractivity contribution in [3.63, 3.8) is 0 Å². The molecule has 0 radical (unpaired) electrons. The molecule has 0 fully saturated rings. The Morgan fingerprint density at radius 3 is 2.50 bits per heavy atom. The minimum atomic E-state index is -0.938. The number of amides is 1. The van der Waals surface area contributed by atoms with Crippen LogP contribution in [0.2, 0.25) is 0 Å². The van der Waals surface area contributed by atoms with Crippen LogP contribution < -0.4 is 10.1 Å². The van der Waals surface area contributed by atoms with E-state index in [4.69, 9.17) is 14.6 Å². The lowest BCUT2D eigenvalue weighted by atomic mass is 10.3. The van der Waals surface area contributed by atoms with E-state index >= 15 is 0 Å². The van der Waals surface area contributed by atoms with Crippen LogP contribution in [-0.2, 0) is 4.74 Å². The maximum Gasteiger partial charge on any atom is 0.414 e. The number of hydrogen-bond acceptors (Lipinski definition) is 4. The third-order valence-corrected chi connectivity index (χ3v) is 1.68. The van der Waals surface area contributed by atoms with Gasteiger partial charge in [0.2, 0.25) is 0 Å². The molecule has 5 heteroatoms. The largest absolute Gasteiger partial charge is 0.414 e. The van der Waals surface area contributed by atoms with E-state index in [1.807, 2.05) is 6.07 Å². The fourth-order valence-electron chi connectivity index (χ4n) is 1.12. The van der Waals surface area contributed by atoms with Gasteiger partial charge in [-0.15, -0.1) is 0 Å². The summed E-state index contributed by atoms with van der Waals surface area (Å²) in [5, 5.41) is 11.3. The number of benzene rings is 1. The number of rotatable bonds is 4. The van der Waals surface area contributed by atoms with Gasteiger partial charge in [-0.25, -0.2) is 4.79 Å². The van der Waals surface area contributed by atoms with Crippen molar-refractivity contribution in [3.8, 4) is 5.75 Å². The lowest BCUT2D eigenvalue weighted by Gasteiger charge is -2.16. The summed E-state index contributed by atoms with van der Waals surface area (Å²) in [4.78, 5) is 11.3. The third kappa shape index (κ3) is 4.77. The number of hydrogen-bond donors (Lipinski definition) is 2. The molecule has 0 spiro atoms. The molecule has 2 atom stereocenters. The second kappa shape index (κ2) is 6.09. The molecule has 0 saturated heterocycles. The van der Waals surface area contributed by atoms with Crippen molar-refractivity contribution in [1.29, 1.82) is 0 Å². The molecule has 0 bridgehead atoms. The monoisotopic (exact) mass is 225 g/mol. The van der Waals surface area contributed by atoms with E-state index in [9.17, 15) is 4.79 Å². The molecule has 16 heavy (non-hydrogen) atoms. The topological polar surface area (TPSA) is 67.8 Å². The van der Waals surface area contributed by atoms with Crippen LogP contribution in [0, 0.1) is 0 Å². The van der Waals surface area contributed by atoms with Gasteiger partial charge in [0.1, 0.15) is 12.0 Å². The molecule has 1 aromatic rings. The second-order valence-corrected chi connectivity index (χ2v) is 3.22. The van der Waals surface area contributed by atoms with Gasteiger partial charge in [-0.3, -0.25) is 5.32 Å². The number of para-hydroxylation sites is 1. The molecule has 0 aromatic heterocycles. The molecule has 0 aliphatic heterocycles. The van der Waals surface area contributed by atoms with E-state index in [-0.39, 0.29) is 0 Å². The molecule has 1 rings (SSSR count). The molecule has 0 heterocycles. The van der Waals surface area contributed by atoms with E-state index in [2.05, 4.69) is 5.32 Å². The summed E-state index contributed by atoms with van der Waals surface area (Å²) in [5.41, 5.74) is 0. The van der Waals surface area contributed by atoms with E-state index < -0.39 is 18.6 Å². The van der Waals surface area contributed by atoms with Crippen molar-refractivity contribution >= 4 is 6.09 Å². The first-order chi connectivity index (χ1) is 7.58. The first-order valence-electron chi connectivity index (χ1n) is 4.95. The summed E-state index contributed by atoms with van der Waals surface area (Å²) >= 11 is 0. The van der Waals surface area contributed by atoms with Crippen LogP contribution in [0.15, 0.2) is 30.3 Å². The van der Waals surface area contributed by atoms with E-state index in [1.165, 1.54) is 6.92 Å². The second-order valence-electron chi connectivity index (χ2n) is 3.22. The molecule has 2 unspecified atom stereocenters. The number of carbonyl (C=O) groups is 1. The van der Waals surface area contributed by atoms with Gasteiger partial charge in [0, 0.05) is 0 Å². The lowest BCUT2D eigenvalue weighted by molar-refractivity contribution is -0.124. The van der Waals surface area contributed by atoms with E-state index in [0.29, 0.717) is 5.75 Å². The van der Waals surface area contributed by atoms with Crippen LogP contribution in [0.4, 0.5) is 4.79 Å². The van der Waals surface area contributed by atoms with Gasteiger partial charge in [0.15, 0.2) is 6.29 Å². The van der Waals surface area contributed by atoms with Gasteiger partial charge in [-0.1, -0.05) is 18.2 Å². The average Bonchev–Trinajstić information content (AvgIpc) is 2.17. The molecule has 5 nitrogen and oxygen atoms in total. The number of aliphatic hydroxyl groups is 1. The Hall–Kier alpha value is -1.59. The van der Waals surface area contributed by atoms with E-state index in [1.54, 1.807) is 31.2 Å². The fraction of sp³-hybridized carbons (Fsp3) is 0.364. The lowest BCUT2D eigenvalue weighted by Crippen LogP contribution is -2.38. The number of aliphatic hydroxyl groups excluding tert-OH is 1. The van der Waals surface area contributed by atoms with Gasteiger partial charge < -0.3 is 14.6 Å². The van der Waals surface area contributed by atoms with Crippen LogP contribution in [0.5, 0.6) is 5.75 Å². The smallest absolute Gasteiger partial charge is 0.410 e. The minimum Gasteiger partial charge on any atom is -0.410 e. The predicted molar refractivity (Wildman–Crippen MR) is 57.8 cm³/mol. The zero-order chi connectivity index (χ0) is 12.0. The summed E-state index contributed by atoms with van der Waals surface area (Å²) in [5.74, 6) is 0.448. The molecular weight excluding hydrogens is 210 g/mol. The highest BCUT2D eigenvalue weighted by atomic mass is 16.6. The Morgan fingerprint density at radius 1 is 1.31 bits per heavy atom. The van der Waals surface area contributed by atoms with Crippen LogP contribution in [0.25, 0.3) is 0 Å². The van der Waals surface area contributed by atoms with Crippen molar-refractivity contribution in [2.75, 3.05) is 0 Å². The van der Waals surface area contributed by atoms with Crippen molar-refractivity contribution in [3.05, 3.63) is 30.3 Å². The van der Waals surface area contributed by atoms with Crippen LogP contribution in [0.3, 0.4) is 0 Å². The van der Waals surface area contributed by atoms with Crippen molar-refractivity contribution in [2.24, 2.45) is 0 Å². The maximum atomic E-state index is 11.3. The highest BCUT2D eigenvalue weighted by Crippen LogP contribution is 2.08. The van der Waals surface area contributed by atoms with Gasteiger partial charge in [-0.05, 0) is 26.0 Å². The molecule has 1 aromatic carbocycles. The summed E-state index contributed by atoms with van der Waals surface area (Å²) < 4.78 is 9.86. The SMILES string of the molecule is CC(O)OC(C)NC(=O)Oc1ccccc1. The Morgan fingerprint density at radius 2 is 1.94 bits per heavy atom. The summed E-state index contributed by atoms with van der Waals surface area (Å²) in [6.07, 6.45) is -2.18. The summed E-state index contributed by atoms with van der Waals surface area (Å²) in [6.45, 7) is 3.06. The Labute approximate surface area is 94.0 Å². The molecular formula is C11H15NO4. The molecule has 0 aliphatic rings. The highest BCUT2D eigenvalue weighted by molar-refractivity contribution is 5.70. The summed E-state index contributed by atoms with van der Waals surface area (Å²) in [6, 6.07) is 8.68. The minimum absolute atomic E-state index is 0.448. The van der Waals surface area contributed by atoms with Crippen LogP contribution >= 0.6 is 0 Å². The fourth-order valence-corrected chi connectivity index (χ4v) is 1.12. The highest BCUT2D eigenvalue weighted by Gasteiger charge is 2.10. The van der Waals surface area contributed by atoms with Gasteiger partial charge in [0.05, 0.1) is 0 Å².